The monoisotopic (exact) mass is 527 g/mol. The first kappa shape index (κ1) is 25.9. The van der Waals surface area contributed by atoms with Crippen molar-refractivity contribution >= 4 is 35.8 Å². The van der Waals surface area contributed by atoms with E-state index in [-0.39, 0.29) is 29.9 Å². The fourth-order valence-corrected chi connectivity index (χ4v) is 3.14. The van der Waals surface area contributed by atoms with Gasteiger partial charge in [-0.2, -0.15) is 0 Å². The van der Waals surface area contributed by atoms with Gasteiger partial charge in [0.05, 0.1) is 5.69 Å². The van der Waals surface area contributed by atoms with Gasteiger partial charge in [-0.1, -0.05) is 31.1 Å². The third-order valence-electron chi connectivity index (χ3n) is 4.84. The van der Waals surface area contributed by atoms with Gasteiger partial charge in [0.15, 0.2) is 11.7 Å². The molecule has 1 aromatic carbocycles. The van der Waals surface area contributed by atoms with E-state index < -0.39 is 0 Å². The Bertz CT molecular complexity index is 802. The second kappa shape index (κ2) is 14.0. The van der Waals surface area contributed by atoms with Crippen LogP contribution in [0.3, 0.4) is 0 Å². The quantitative estimate of drug-likeness (QED) is 0.248. The summed E-state index contributed by atoms with van der Waals surface area (Å²) in [7, 11) is 1.64. The number of aromatic nitrogens is 1. The molecule has 1 heterocycles. The van der Waals surface area contributed by atoms with E-state index in [1.807, 2.05) is 37.3 Å². The molecule has 2 rings (SSSR count). The summed E-state index contributed by atoms with van der Waals surface area (Å²) < 4.78 is 5.45. The SMILES string of the molecule is CCNC(=NCc1cc(C(CC)CC)no1)NCCc1cccc(C(=O)NC)c1.I. The Hall–Kier alpha value is -2.10. The first-order valence-electron chi connectivity index (χ1n) is 10.4. The zero-order valence-electron chi connectivity index (χ0n) is 18.3. The van der Waals surface area contributed by atoms with Crippen LogP contribution in [0, 0.1) is 0 Å². The van der Waals surface area contributed by atoms with E-state index in [0.29, 0.717) is 24.6 Å². The molecule has 0 atom stereocenters. The second-order valence-electron chi connectivity index (χ2n) is 6.88. The van der Waals surface area contributed by atoms with Gasteiger partial charge >= 0.3 is 0 Å². The smallest absolute Gasteiger partial charge is 0.251 e. The number of rotatable bonds is 10. The molecule has 166 valence electrons. The maximum absolute atomic E-state index is 11.8. The molecular formula is C22H34IN5O2. The fraction of sp³-hybridized carbons (Fsp3) is 0.500. The summed E-state index contributed by atoms with van der Waals surface area (Å²) in [5.41, 5.74) is 2.78. The normalized spacial score (nSPS) is 11.2. The Morgan fingerprint density at radius 3 is 2.60 bits per heavy atom. The summed E-state index contributed by atoms with van der Waals surface area (Å²) in [5, 5.41) is 13.4. The van der Waals surface area contributed by atoms with E-state index in [9.17, 15) is 4.79 Å². The van der Waals surface area contributed by atoms with E-state index in [4.69, 9.17) is 4.52 Å². The van der Waals surface area contributed by atoms with Crippen LogP contribution in [0.2, 0.25) is 0 Å². The molecule has 1 amide bonds. The number of carbonyl (C=O) groups excluding carboxylic acids is 1. The number of guanidine groups is 1. The molecule has 8 heteroatoms. The predicted molar refractivity (Wildman–Crippen MR) is 132 cm³/mol. The first-order chi connectivity index (χ1) is 14.1. The molecule has 0 radical (unpaired) electrons. The van der Waals surface area contributed by atoms with Gasteiger partial charge in [0.25, 0.3) is 5.91 Å². The van der Waals surface area contributed by atoms with Crippen molar-refractivity contribution < 1.29 is 9.32 Å². The zero-order valence-corrected chi connectivity index (χ0v) is 20.7. The Morgan fingerprint density at radius 2 is 1.93 bits per heavy atom. The number of nitrogens with one attached hydrogen (secondary N) is 3. The number of halogens is 1. The Labute approximate surface area is 196 Å². The lowest BCUT2D eigenvalue weighted by Crippen LogP contribution is -2.38. The van der Waals surface area contributed by atoms with Crippen molar-refractivity contribution in [1.29, 1.82) is 0 Å². The van der Waals surface area contributed by atoms with E-state index >= 15 is 0 Å². The molecule has 7 nitrogen and oxygen atoms in total. The van der Waals surface area contributed by atoms with Gasteiger partial charge in [0.2, 0.25) is 0 Å². The number of amides is 1. The average Bonchev–Trinajstić information content (AvgIpc) is 3.21. The van der Waals surface area contributed by atoms with E-state index in [1.165, 1.54) is 0 Å². The molecule has 0 aliphatic heterocycles. The lowest BCUT2D eigenvalue weighted by molar-refractivity contribution is 0.0963. The van der Waals surface area contributed by atoms with Crippen LogP contribution >= 0.6 is 24.0 Å². The molecule has 1 aromatic heterocycles. The minimum absolute atomic E-state index is 0. The summed E-state index contributed by atoms with van der Waals surface area (Å²) in [6.07, 6.45) is 2.89. The minimum atomic E-state index is -0.0745. The highest BCUT2D eigenvalue weighted by atomic mass is 127. The summed E-state index contributed by atoms with van der Waals surface area (Å²) in [6.45, 7) is 8.28. The van der Waals surface area contributed by atoms with Crippen LogP contribution in [-0.4, -0.2) is 37.2 Å². The van der Waals surface area contributed by atoms with Crippen LogP contribution in [0.15, 0.2) is 39.8 Å². The molecule has 0 aliphatic rings. The number of carbonyl (C=O) groups is 1. The number of nitrogens with zero attached hydrogens (tertiary/aromatic N) is 2. The summed E-state index contributed by atoms with van der Waals surface area (Å²) >= 11 is 0. The van der Waals surface area contributed by atoms with Gasteiger partial charge in [-0.15, -0.1) is 24.0 Å². The largest absolute Gasteiger partial charge is 0.359 e. The summed E-state index contributed by atoms with van der Waals surface area (Å²) in [5.74, 6) is 1.86. The van der Waals surface area contributed by atoms with E-state index in [2.05, 4.69) is 39.9 Å². The second-order valence-corrected chi connectivity index (χ2v) is 6.88. The van der Waals surface area contributed by atoms with Crippen molar-refractivity contribution in [3.8, 4) is 0 Å². The van der Waals surface area contributed by atoms with Gasteiger partial charge in [-0.05, 0) is 43.9 Å². The molecule has 30 heavy (non-hydrogen) atoms. The number of hydrogen-bond acceptors (Lipinski definition) is 4. The molecular weight excluding hydrogens is 493 g/mol. The Balaban J connectivity index is 0.00000450. The van der Waals surface area contributed by atoms with Gasteiger partial charge in [0.1, 0.15) is 6.54 Å². The lowest BCUT2D eigenvalue weighted by Gasteiger charge is -2.11. The minimum Gasteiger partial charge on any atom is -0.359 e. The highest BCUT2D eigenvalue weighted by molar-refractivity contribution is 14.0. The van der Waals surface area contributed by atoms with Crippen LogP contribution in [0.5, 0.6) is 0 Å². The number of aliphatic imine (C=N–C) groups is 1. The van der Waals surface area contributed by atoms with Crippen molar-refractivity contribution in [2.45, 2.75) is 52.5 Å². The van der Waals surface area contributed by atoms with Gasteiger partial charge in [-0.3, -0.25) is 4.79 Å². The first-order valence-corrected chi connectivity index (χ1v) is 10.4. The Morgan fingerprint density at radius 1 is 1.17 bits per heavy atom. The van der Waals surface area contributed by atoms with Gasteiger partial charge in [-0.25, -0.2) is 4.99 Å². The third kappa shape index (κ3) is 7.97. The molecule has 0 unspecified atom stereocenters. The van der Waals surface area contributed by atoms with Crippen LogP contribution in [0.1, 0.15) is 66.9 Å². The van der Waals surface area contributed by atoms with Crippen molar-refractivity contribution in [2.24, 2.45) is 4.99 Å². The molecule has 0 saturated heterocycles. The van der Waals surface area contributed by atoms with Crippen molar-refractivity contribution in [3.63, 3.8) is 0 Å². The molecule has 2 aromatic rings. The maximum Gasteiger partial charge on any atom is 0.251 e. The van der Waals surface area contributed by atoms with Crippen molar-refractivity contribution in [3.05, 3.63) is 52.9 Å². The van der Waals surface area contributed by atoms with E-state index in [0.717, 1.165) is 48.8 Å². The highest BCUT2D eigenvalue weighted by Crippen LogP contribution is 2.22. The van der Waals surface area contributed by atoms with Crippen molar-refractivity contribution in [2.75, 3.05) is 20.1 Å². The van der Waals surface area contributed by atoms with Gasteiger partial charge in [0, 0.05) is 37.7 Å². The van der Waals surface area contributed by atoms with Crippen molar-refractivity contribution in [1.82, 2.24) is 21.1 Å². The topological polar surface area (TPSA) is 91.6 Å². The van der Waals surface area contributed by atoms with Crippen LogP contribution in [0.4, 0.5) is 0 Å². The van der Waals surface area contributed by atoms with Crippen LogP contribution in [-0.2, 0) is 13.0 Å². The highest BCUT2D eigenvalue weighted by Gasteiger charge is 2.12. The lowest BCUT2D eigenvalue weighted by atomic mass is 9.99. The summed E-state index contributed by atoms with van der Waals surface area (Å²) in [6, 6.07) is 9.66. The standard InChI is InChI=1S/C22H33N5O2.HI/c1-5-17(6-2)20-14-19(29-27-20)15-26-22(24-7-3)25-12-11-16-9-8-10-18(13-16)21(28)23-4;/h8-10,13-14,17H,5-7,11-12,15H2,1-4H3,(H,23,28)(H2,24,25,26);1H. The van der Waals surface area contributed by atoms with Gasteiger partial charge < -0.3 is 20.5 Å². The van der Waals surface area contributed by atoms with E-state index in [1.54, 1.807) is 7.05 Å². The maximum atomic E-state index is 11.8. The summed E-state index contributed by atoms with van der Waals surface area (Å²) in [4.78, 5) is 16.4. The third-order valence-corrected chi connectivity index (χ3v) is 4.84. The number of hydrogen-bond donors (Lipinski definition) is 3. The number of benzene rings is 1. The predicted octanol–water partition coefficient (Wildman–Crippen LogP) is 3.85. The molecule has 0 saturated carbocycles. The van der Waals surface area contributed by atoms with Crippen LogP contribution < -0.4 is 16.0 Å². The molecule has 0 bridgehead atoms. The Kier molecular flexibility index (Phi) is 12.1. The average molecular weight is 527 g/mol. The molecule has 0 spiro atoms. The van der Waals surface area contributed by atoms with Crippen LogP contribution in [0.25, 0.3) is 0 Å². The fourth-order valence-electron chi connectivity index (χ4n) is 3.14. The molecule has 3 N–H and O–H groups in total. The zero-order chi connectivity index (χ0) is 21.1. The molecule has 0 fully saturated rings. The molecule has 0 aliphatic carbocycles.